The van der Waals surface area contributed by atoms with E-state index in [-0.39, 0.29) is 17.4 Å². The van der Waals surface area contributed by atoms with Crippen molar-refractivity contribution < 1.29 is 14.4 Å². The summed E-state index contributed by atoms with van der Waals surface area (Å²) >= 11 is 15.2. The number of thiophene rings is 1. The Labute approximate surface area is 273 Å². The van der Waals surface area contributed by atoms with Gasteiger partial charge in [0.2, 0.25) is 5.91 Å². The fraction of sp³-hybridized carbons (Fsp3) is 0.152. The van der Waals surface area contributed by atoms with E-state index in [1.165, 1.54) is 34.1 Å². The normalized spacial score (nSPS) is 12.5. The van der Waals surface area contributed by atoms with Gasteiger partial charge >= 0.3 is 0 Å². The molecule has 0 aliphatic heterocycles. The number of nitriles is 1. The summed E-state index contributed by atoms with van der Waals surface area (Å²) in [5.41, 5.74) is 2.98. The Kier molecular flexibility index (Phi) is 10.4. The number of nitrogens with zero attached hydrogens (tertiary/aromatic N) is 1. The third-order valence-corrected chi connectivity index (χ3v) is 9.55. The lowest BCUT2D eigenvalue weighted by Crippen LogP contribution is -2.30. The van der Waals surface area contributed by atoms with Crippen LogP contribution < -0.4 is 16.0 Å². The molecule has 4 aromatic rings. The zero-order chi connectivity index (χ0) is 31.1. The second-order valence-corrected chi connectivity index (χ2v) is 12.9. The van der Waals surface area contributed by atoms with Gasteiger partial charge < -0.3 is 16.0 Å². The first-order valence-electron chi connectivity index (χ1n) is 13.7. The fourth-order valence-corrected chi connectivity index (χ4v) is 7.14. The smallest absolute Gasteiger partial charge is 0.272 e. The van der Waals surface area contributed by atoms with E-state index in [2.05, 4.69) is 22.0 Å². The number of rotatable bonds is 9. The molecule has 11 heteroatoms. The third-order valence-electron chi connectivity index (χ3n) is 6.79. The highest BCUT2D eigenvalue weighted by Crippen LogP contribution is 2.37. The standard InChI is InChI=1S/C33H26Cl2N4O3S2/c34-22-14-13-21(27(35)16-22)15-28(38-31(41)20-7-2-1-3-8-20)32(42)37-23-9-6-10-24(17-23)43-19-30(40)39-33-26(18-36)25-11-4-5-12-29(25)44-33/h1-3,6-10,13-17H,4-5,11-12,19H2,(H,37,42)(H,38,41)(H,39,40)/b28-15+. The summed E-state index contributed by atoms with van der Waals surface area (Å²) in [6.07, 6.45) is 5.45. The van der Waals surface area contributed by atoms with Gasteiger partial charge in [0.05, 0.1) is 11.3 Å². The third kappa shape index (κ3) is 7.90. The van der Waals surface area contributed by atoms with Crippen LogP contribution in [0.3, 0.4) is 0 Å². The molecule has 5 rings (SSSR count). The van der Waals surface area contributed by atoms with Gasteiger partial charge in [-0.2, -0.15) is 5.26 Å². The van der Waals surface area contributed by atoms with Crippen LogP contribution in [-0.2, 0) is 22.4 Å². The van der Waals surface area contributed by atoms with Crippen molar-refractivity contribution in [2.24, 2.45) is 0 Å². The molecule has 0 atom stereocenters. The summed E-state index contributed by atoms with van der Waals surface area (Å²) in [5.74, 6) is -1.12. The number of amides is 3. The fourth-order valence-electron chi connectivity index (χ4n) is 4.66. The van der Waals surface area contributed by atoms with Crippen LogP contribution >= 0.6 is 46.3 Å². The monoisotopic (exact) mass is 660 g/mol. The molecule has 0 spiro atoms. The summed E-state index contributed by atoms with van der Waals surface area (Å²) in [5, 5.41) is 19.5. The van der Waals surface area contributed by atoms with Crippen LogP contribution in [0.4, 0.5) is 10.7 Å². The van der Waals surface area contributed by atoms with Gasteiger partial charge in [-0.15, -0.1) is 23.1 Å². The van der Waals surface area contributed by atoms with Crippen LogP contribution in [0.15, 0.2) is 83.4 Å². The molecule has 0 fully saturated rings. The SMILES string of the molecule is N#Cc1c(NC(=O)CSc2cccc(NC(=O)/C(=C\c3ccc(Cl)cc3Cl)NC(=O)c3ccccc3)c2)sc2c1CCCC2. The maximum atomic E-state index is 13.4. The van der Waals surface area contributed by atoms with Gasteiger partial charge in [-0.05, 0) is 85.4 Å². The Morgan fingerprint density at radius 3 is 2.52 bits per heavy atom. The Morgan fingerprint density at radius 2 is 1.75 bits per heavy atom. The minimum Gasteiger partial charge on any atom is -0.321 e. The largest absolute Gasteiger partial charge is 0.321 e. The van der Waals surface area contributed by atoms with Crippen LogP contribution in [-0.4, -0.2) is 23.5 Å². The Morgan fingerprint density at radius 1 is 0.955 bits per heavy atom. The van der Waals surface area contributed by atoms with E-state index in [4.69, 9.17) is 23.2 Å². The number of anilines is 2. The highest BCUT2D eigenvalue weighted by atomic mass is 35.5. The van der Waals surface area contributed by atoms with Gasteiger partial charge in [0, 0.05) is 31.1 Å². The van der Waals surface area contributed by atoms with E-state index < -0.39 is 11.8 Å². The van der Waals surface area contributed by atoms with Gasteiger partial charge in [0.15, 0.2) is 0 Å². The molecule has 1 heterocycles. The predicted octanol–water partition coefficient (Wildman–Crippen LogP) is 7.95. The first-order valence-corrected chi connectivity index (χ1v) is 16.3. The lowest BCUT2D eigenvalue weighted by atomic mass is 9.96. The van der Waals surface area contributed by atoms with E-state index in [9.17, 15) is 19.6 Å². The van der Waals surface area contributed by atoms with Gasteiger partial charge in [0.25, 0.3) is 11.8 Å². The van der Waals surface area contributed by atoms with Gasteiger partial charge in [-0.1, -0.05) is 53.5 Å². The number of nitrogens with one attached hydrogen (secondary N) is 3. The van der Waals surface area contributed by atoms with Crippen molar-refractivity contribution >= 4 is 80.8 Å². The van der Waals surface area contributed by atoms with Crippen LogP contribution in [0, 0.1) is 11.3 Å². The zero-order valence-corrected chi connectivity index (χ0v) is 26.4. The molecule has 44 heavy (non-hydrogen) atoms. The van der Waals surface area contributed by atoms with Gasteiger partial charge in [0.1, 0.15) is 16.8 Å². The van der Waals surface area contributed by atoms with Crippen molar-refractivity contribution in [3.8, 4) is 6.07 Å². The van der Waals surface area contributed by atoms with E-state index in [0.717, 1.165) is 36.1 Å². The van der Waals surface area contributed by atoms with Crippen molar-refractivity contribution in [2.75, 3.05) is 16.4 Å². The molecule has 1 aliphatic carbocycles. The minimum absolute atomic E-state index is 0.0209. The average molecular weight is 662 g/mol. The second-order valence-electron chi connectivity index (χ2n) is 9.89. The van der Waals surface area contributed by atoms with Crippen molar-refractivity contribution in [1.82, 2.24) is 5.32 Å². The first-order chi connectivity index (χ1) is 21.3. The molecule has 0 saturated heterocycles. The number of fused-ring (bicyclic) bond motifs is 1. The summed E-state index contributed by atoms with van der Waals surface area (Å²) in [4.78, 5) is 41.1. The topological polar surface area (TPSA) is 111 Å². The highest BCUT2D eigenvalue weighted by Gasteiger charge is 2.22. The highest BCUT2D eigenvalue weighted by molar-refractivity contribution is 8.00. The number of carbonyl (C=O) groups excluding carboxylic acids is 3. The Hall–Kier alpha value is -4.07. The molecule has 0 radical (unpaired) electrons. The number of carbonyl (C=O) groups is 3. The van der Waals surface area contributed by atoms with Crippen LogP contribution in [0.5, 0.6) is 0 Å². The summed E-state index contributed by atoms with van der Waals surface area (Å²) < 4.78 is 0. The van der Waals surface area contributed by atoms with Crippen molar-refractivity contribution in [1.29, 1.82) is 5.26 Å². The lowest BCUT2D eigenvalue weighted by Gasteiger charge is -2.13. The summed E-state index contributed by atoms with van der Waals surface area (Å²) in [6, 6.07) is 22.7. The molecule has 0 unspecified atom stereocenters. The maximum Gasteiger partial charge on any atom is 0.272 e. The van der Waals surface area contributed by atoms with Crippen molar-refractivity contribution in [3.05, 3.63) is 116 Å². The number of thioether (sulfide) groups is 1. The number of halogens is 2. The average Bonchev–Trinajstić information content (AvgIpc) is 3.38. The molecule has 1 aromatic heterocycles. The molecule has 7 nitrogen and oxygen atoms in total. The zero-order valence-electron chi connectivity index (χ0n) is 23.3. The van der Waals surface area contributed by atoms with Gasteiger partial charge in [-0.3, -0.25) is 14.4 Å². The van der Waals surface area contributed by atoms with Crippen molar-refractivity contribution in [2.45, 2.75) is 30.6 Å². The quantitative estimate of drug-likeness (QED) is 0.125. The number of hydrogen-bond donors (Lipinski definition) is 3. The molecule has 222 valence electrons. The molecule has 0 bridgehead atoms. The van der Waals surface area contributed by atoms with E-state index in [1.807, 2.05) is 6.07 Å². The van der Waals surface area contributed by atoms with E-state index >= 15 is 0 Å². The number of hydrogen-bond acceptors (Lipinski definition) is 6. The van der Waals surface area contributed by atoms with Gasteiger partial charge in [-0.25, -0.2) is 0 Å². The second kappa shape index (κ2) is 14.6. The van der Waals surface area contributed by atoms with Crippen LogP contribution in [0.1, 0.15) is 44.8 Å². The van der Waals surface area contributed by atoms with Crippen LogP contribution in [0.25, 0.3) is 6.08 Å². The van der Waals surface area contributed by atoms with E-state index in [0.29, 0.717) is 37.4 Å². The first kappa shape index (κ1) is 31.4. The Balaban J connectivity index is 1.27. The molecule has 0 saturated carbocycles. The minimum atomic E-state index is -0.564. The molecule has 3 amide bonds. The molecule has 3 aromatic carbocycles. The number of aryl methyl sites for hydroxylation is 1. The lowest BCUT2D eigenvalue weighted by molar-refractivity contribution is -0.114. The molecule has 3 N–H and O–H groups in total. The maximum absolute atomic E-state index is 13.4. The summed E-state index contributed by atoms with van der Waals surface area (Å²) in [6.45, 7) is 0. The van der Waals surface area contributed by atoms with Crippen molar-refractivity contribution in [3.63, 3.8) is 0 Å². The number of benzene rings is 3. The molecule has 1 aliphatic rings. The summed E-state index contributed by atoms with van der Waals surface area (Å²) in [7, 11) is 0. The Bertz CT molecular complexity index is 1800. The predicted molar refractivity (Wildman–Crippen MR) is 178 cm³/mol. The van der Waals surface area contributed by atoms with Crippen LogP contribution in [0.2, 0.25) is 10.0 Å². The van der Waals surface area contributed by atoms with E-state index in [1.54, 1.807) is 66.7 Å². The molecular weight excluding hydrogens is 635 g/mol. The molecular formula is C33H26Cl2N4O3S2.